The van der Waals surface area contributed by atoms with Crippen LogP contribution in [0.2, 0.25) is 0 Å². The van der Waals surface area contributed by atoms with E-state index in [2.05, 4.69) is 31.2 Å². The molecule has 3 rings (SSSR count). The van der Waals surface area contributed by atoms with Crippen molar-refractivity contribution in [2.75, 3.05) is 13.7 Å². The van der Waals surface area contributed by atoms with Crippen LogP contribution in [0.4, 0.5) is 0 Å². The van der Waals surface area contributed by atoms with Crippen molar-refractivity contribution >= 4 is 21.8 Å². The number of H-pyrrole nitrogens is 1. The number of benzene rings is 1. The summed E-state index contributed by atoms with van der Waals surface area (Å²) >= 11 is 3.45. The van der Waals surface area contributed by atoms with Crippen molar-refractivity contribution in [2.24, 2.45) is 5.92 Å². The first-order valence-corrected chi connectivity index (χ1v) is 10.3. The molecule has 28 heavy (non-hydrogen) atoms. The second-order valence-electron chi connectivity index (χ2n) is 7.36. The first-order chi connectivity index (χ1) is 13.4. The van der Waals surface area contributed by atoms with Gasteiger partial charge in [0.25, 0.3) is 0 Å². The number of likely N-dealkylation sites (tertiary alicyclic amines) is 1. The molecule has 2 aromatic rings. The van der Waals surface area contributed by atoms with Gasteiger partial charge in [-0.2, -0.15) is 0 Å². The van der Waals surface area contributed by atoms with Gasteiger partial charge in [-0.25, -0.2) is 4.98 Å². The summed E-state index contributed by atoms with van der Waals surface area (Å²) < 4.78 is 5.89. The van der Waals surface area contributed by atoms with Crippen LogP contribution in [-0.4, -0.2) is 52.0 Å². The highest BCUT2D eigenvalue weighted by atomic mass is 79.9. The average Bonchev–Trinajstić information content (AvgIpc) is 3.34. The summed E-state index contributed by atoms with van der Waals surface area (Å²) in [6.07, 6.45) is 2.41. The number of aliphatic hydroxyl groups excluding tert-OH is 1. The summed E-state index contributed by atoms with van der Waals surface area (Å²) in [7, 11) is 1.39. The normalized spacial score (nSPS) is 19.2. The molecule has 1 fully saturated rings. The maximum Gasteiger partial charge on any atom is 0.240 e. The third-order valence-corrected chi connectivity index (χ3v) is 5.61. The number of nitrogens with one attached hydrogen (secondary N) is 2. The predicted molar refractivity (Wildman–Crippen MR) is 110 cm³/mol. The first-order valence-electron chi connectivity index (χ1n) is 9.49. The number of hydrogen-bond donors (Lipinski definition) is 3. The van der Waals surface area contributed by atoms with Gasteiger partial charge in [0.05, 0.1) is 24.0 Å². The molecule has 2 heterocycles. The molecular weight excluding hydrogens is 424 g/mol. The van der Waals surface area contributed by atoms with E-state index in [4.69, 9.17) is 4.74 Å². The van der Waals surface area contributed by atoms with Gasteiger partial charge in [-0.05, 0) is 36.5 Å². The minimum atomic E-state index is -1.18. The Hall–Kier alpha value is -1.74. The summed E-state index contributed by atoms with van der Waals surface area (Å²) in [6, 6.07) is 7.38. The first kappa shape index (κ1) is 21.0. The van der Waals surface area contributed by atoms with Crippen molar-refractivity contribution < 1.29 is 14.6 Å². The smallest absolute Gasteiger partial charge is 0.240 e. The number of aromatic amines is 1. The highest BCUT2D eigenvalue weighted by molar-refractivity contribution is 9.10. The van der Waals surface area contributed by atoms with Crippen LogP contribution in [0.25, 0.3) is 11.3 Å². The van der Waals surface area contributed by atoms with E-state index in [0.717, 1.165) is 34.4 Å². The molecule has 1 aromatic heterocycles. The second-order valence-corrected chi connectivity index (χ2v) is 8.27. The van der Waals surface area contributed by atoms with Crippen LogP contribution in [0.15, 0.2) is 34.9 Å². The minimum Gasteiger partial charge on any atom is -0.356 e. The molecule has 0 aliphatic carbocycles. The molecule has 1 aliphatic rings. The van der Waals surface area contributed by atoms with E-state index in [1.165, 1.54) is 7.11 Å². The SMILES string of the molecule is COC(O)N[C@H](C(=O)N1CCC[C@H]1c1ncc(-c2ccc(Br)cc2)[nH]1)C(C)C. The zero-order chi connectivity index (χ0) is 20.3. The number of imidazole rings is 1. The van der Waals surface area contributed by atoms with Gasteiger partial charge in [-0.1, -0.05) is 41.9 Å². The van der Waals surface area contributed by atoms with E-state index in [1.54, 1.807) is 0 Å². The molecule has 8 heteroatoms. The summed E-state index contributed by atoms with van der Waals surface area (Å²) in [6.45, 7) is 4.56. The molecular formula is C20H27BrN4O3. The molecule has 1 unspecified atom stereocenters. The Balaban J connectivity index is 1.78. The number of methoxy groups -OCH3 is 1. The number of aromatic nitrogens is 2. The van der Waals surface area contributed by atoms with E-state index < -0.39 is 12.5 Å². The maximum absolute atomic E-state index is 13.2. The second kappa shape index (κ2) is 9.17. The molecule has 0 radical (unpaired) electrons. The number of halogens is 1. The average molecular weight is 451 g/mol. The van der Waals surface area contributed by atoms with E-state index in [1.807, 2.05) is 49.2 Å². The van der Waals surface area contributed by atoms with E-state index in [0.29, 0.717) is 6.54 Å². The van der Waals surface area contributed by atoms with Crippen LogP contribution >= 0.6 is 15.9 Å². The molecule has 1 aromatic carbocycles. The van der Waals surface area contributed by atoms with E-state index in [9.17, 15) is 9.90 Å². The number of ether oxygens (including phenoxy) is 1. The number of rotatable bonds is 7. The highest BCUT2D eigenvalue weighted by Crippen LogP contribution is 2.32. The number of hydrogen-bond acceptors (Lipinski definition) is 5. The molecule has 1 saturated heterocycles. The molecule has 0 saturated carbocycles. The number of carbonyl (C=O) groups is 1. The maximum atomic E-state index is 13.2. The molecule has 0 spiro atoms. The standard InChI is InChI=1S/C20H27BrN4O3/c1-12(2)17(24-20(27)28-3)19(26)25-10-4-5-16(25)18-22-11-15(23-18)13-6-8-14(21)9-7-13/h6-9,11-12,16-17,20,24,27H,4-5,10H2,1-3H3,(H,22,23)/t16-,17-,20?/m0/s1. The van der Waals surface area contributed by atoms with Crippen LogP contribution in [0.1, 0.15) is 38.6 Å². The third kappa shape index (κ3) is 4.63. The lowest BCUT2D eigenvalue weighted by Crippen LogP contribution is -2.52. The Kier molecular flexibility index (Phi) is 6.87. The Labute approximate surface area is 173 Å². The van der Waals surface area contributed by atoms with Gasteiger partial charge in [0.15, 0.2) is 0 Å². The minimum absolute atomic E-state index is 0.00785. The molecule has 0 bridgehead atoms. The van der Waals surface area contributed by atoms with Crippen LogP contribution in [0, 0.1) is 5.92 Å². The van der Waals surface area contributed by atoms with Gasteiger partial charge in [0, 0.05) is 18.1 Å². The highest BCUT2D eigenvalue weighted by Gasteiger charge is 2.37. The summed E-state index contributed by atoms with van der Waals surface area (Å²) in [5.41, 5.74) is 1.97. The van der Waals surface area contributed by atoms with Gasteiger partial charge >= 0.3 is 0 Å². The molecule has 1 aliphatic heterocycles. The van der Waals surface area contributed by atoms with Gasteiger partial charge in [0.2, 0.25) is 12.3 Å². The number of aliphatic hydroxyl groups is 1. The lowest BCUT2D eigenvalue weighted by atomic mass is 10.0. The topological polar surface area (TPSA) is 90.5 Å². The fourth-order valence-corrected chi connectivity index (χ4v) is 3.81. The van der Waals surface area contributed by atoms with Crippen molar-refractivity contribution in [3.05, 3.63) is 40.8 Å². The predicted octanol–water partition coefficient (Wildman–Crippen LogP) is 3.04. The van der Waals surface area contributed by atoms with Crippen LogP contribution in [0.5, 0.6) is 0 Å². The summed E-state index contributed by atoms with van der Waals surface area (Å²) in [5, 5.41) is 12.6. The van der Waals surface area contributed by atoms with E-state index in [-0.39, 0.29) is 17.9 Å². The summed E-state index contributed by atoms with van der Waals surface area (Å²) in [4.78, 5) is 23.0. The quantitative estimate of drug-likeness (QED) is 0.563. The number of carbonyl (C=O) groups excluding carboxylic acids is 1. The Morgan fingerprint density at radius 3 is 2.75 bits per heavy atom. The molecule has 152 valence electrons. The fourth-order valence-electron chi connectivity index (χ4n) is 3.55. The van der Waals surface area contributed by atoms with Gasteiger partial charge < -0.3 is 19.7 Å². The Morgan fingerprint density at radius 2 is 2.11 bits per heavy atom. The van der Waals surface area contributed by atoms with Gasteiger partial charge in [-0.3, -0.25) is 10.1 Å². The van der Waals surface area contributed by atoms with Gasteiger partial charge in [0.1, 0.15) is 5.82 Å². The Morgan fingerprint density at radius 1 is 1.39 bits per heavy atom. The van der Waals surface area contributed by atoms with Crippen LogP contribution < -0.4 is 5.32 Å². The lowest BCUT2D eigenvalue weighted by Gasteiger charge is -2.31. The largest absolute Gasteiger partial charge is 0.356 e. The zero-order valence-corrected chi connectivity index (χ0v) is 17.9. The zero-order valence-electron chi connectivity index (χ0n) is 16.4. The fraction of sp³-hybridized carbons (Fsp3) is 0.500. The number of nitrogens with zero attached hydrogens (tertiary/aromatic N) is 2. The lowest BCUT2D eigenvalue weighted by molar-refractivity contribution is -0.145. The van der Waals surface area contributed by atoms with Crippen molar-refractivity contribution in [3.63, 3.8) is 0 Å². The molecule has 3 N–H and O–H groups in total. The van der Waals surface area contributed by atoms with Crippen molar-refractivity contribution in [1.29, 1.82) is 0 Å². The van der Waals surface area contributed by atoms with Crippen molar-refractivity contribution in [1.82, 2.24) is 20.2 Å². The van der Waals surface area contributed by atoms with Crippen molar-refractivity contribution in [2.45, 2.75) is 45.2 Å². The molecule has 1 amide bonds. The van der Waals surface area contributed by atoms with Crippen molar-refractivity contribution in [3.8, 4) is 11.3 Å². The summed E-state index contributed by atoms with van der Waals surface area (Å²) in [5.74, 6) is 0.752. The third-order valence-electron chi connectivity index (χ3n) is 5.08. The molecule has 7 nitrogen and oxygen atoms in total. The van der Waals surface area contributed by atoms with Crippen LogP contribution in [0.3, 0.4) is 0 Å². The molecule has 3 atom stereocenters. The monoisotopic (exact) mass is 450 g/mol. The number of amides is 1. The van der Waals surface area contributed by atoms with Gasteiger partial charge in [-0.15, -0.1) is 0 Å². The Bertz CT molecular complexity index is 793. The van der Waals surface area contributed by atoms with Crippen LogP contribution in [-0.2, 0) is 9.53 Å². The van der Waals surface area contributed by atoms with E-state index >= 15 is 0 Å².